The largest absolute Gasteiger partial charge is 0.468 e. The Bertz CT molecular complexity index is 1170. The van der Waals surface area contributed by atoms with Crippen molar-refractivity contribution in [2.45, 2.75) is 64.2 Å². The van der Waals surface area contributed by atoms with Crippen LogP contribution in [0.5, 0.6) is 5.75 Å². The Morgan fingerprint density at radius 2 is 1.57 bits per heavy atom. The number of hydrogen-bond acceptors (Lipinski definition) is 6. The van der Waals surface area contributed by atoms with E-state index < -0.39 is 5.97 Å². The average molecular weight is 496 g/mol. The molecule has 0 atom stereocenters. The van der Waals surface area contributed by atoms with Gasteiger partial charge in [-0.25, -0.2) is 0 Å². The number of carbonyl (C=O) groups is 3. The standard InChI is InChI=1S/C28H33NO5S/c1-17(30)34-25-19(27(2,3)4)13-18(14-20(25)28(5,6)7)15-23-26(32)29(16-24(31)33-8)21-11-9-10-12-22(21)35-23/h9-15H,16H2,1-8H3/b23-15-. The van der Waals surface area contributed by atoms with Crippen molar-refractivity contribution in [1.82, 2.24) is 0 Å². The average Bonchev–Trinajstić information content (AvgIpc) is 2.75. The van der Waals surface area contributed by atoms with Crippen LogP contribution in [0.15, 0.2) is 46.2 Å². The molecule has 35 heavy (non-hydrogen) atoms. The van der Waals surface area contributed by atoms with Crippen molar-refractivity contribution in [3.63, 3.8) is 0 Å². The van der Waals surface area contributed by atoms with E-state index in [4.69, 9.17) is 9.47 Å². The number of amides is 1. The molecule has 1 heterocycles. The lowest BCUT2D eigenvalue weighted by Crippen LogP contribution is -2.38. The normalized spacial score (nSPS) is 15.1. The molecule has 3 rings (SSSR count). The van der Waals surface area contributed by atoms with E-state index in [0.717, 1.165) is 21.6 Å². The third-order valence-corrected chi connectivity index (χ3v) is 6.70. The Hall–Kier alpha value is -3.06. The van der Waals surface area contributed by atoms with Crippen molar-refractivity contribution in [2.75, 3.05) is 18.6 Å². The van der Waals surface area contributed by atoms with Gasteiger partial charge in [0.1, 0.15) is 12.3 Å². The highest BCUT2D eigenvalue weighted by atomic mass is 32.2. The van der Waals surface area contributed by atoms with Gasteiger partial charge in [-0.3, -0.25) is 19.3 Å². The second-order valence-corrected chi connectivity index (χ2v) is 11.7. The van der Waals surface area contributed by atoms with Crippen LogP contribution < -0.4 is 9.64 Å². The van der Waals surface area contributed by atoms with Crippen LogP contribution in [0.1, 0.15) is 65.2 Å². The molecule has 0 N–H and O–H groups in total. The molecular weight excluding hydrogens is 462 g/mol. The minimum Gasteiger partial charge on any atom is -0.468 e. The Balaban J connectivity index is 2.20. The van der Waals surface area contributed by atoms with Gasteiger partial charge in [0.2, 0.25) is 0 Å². The maximum Gasteiger partial charge on any atom is 0.325 e. The second kappa shape index (κ2) is 9.90. The molecule has 0 spiro atoms. The molecule has 1 aliphatic heterocycles. The fourth-order valence-corrected chi connectivity index (χ4v) is 4.93. The monoisotopic (exact) mass is 495 g/mol. The van der Waals surface area contributed by atoms with Gasteiger partial charge in [-0.15, -0.1) is 0 Å². The maximum absolute atomic E-state index is 13.5. The highest BCUT2D eigenvalue weighted by Gasteiger charge is 2.32. The quantitative estimate of drug-likeness (QED) is 0.301. The topological polar surface area (TPSA) is 72.9 Å². The number of para-hydroxylation sites is 1. The first-order valence-corrected chi connectivity index (χ1v) is 12.3. The van der Waals surface area contributed by atoms with Crippen molar-refractivity contribution in [1.29, 1.82) is 0 Å². The molecule has 2 aromatic carbocycles. The van der Waals surface area contributed by atoms with Crippen LogP contribution in [0.3, 0.4) is 0 Å². The number of benzene rings is 2. The summed E-state index contributed by atoms with van der Waals surface area (Å²) in [6.07, 6.45) is 1.84. The van der Waals surface area contributed by atoms with Crippen LogP contribution in [-0.2, 0) is 30.0 Å². The summed E-state index contributed by atoms with van der Waals surface area (Å²) in [7, 11) is 1.31. The van der Waals surface area contributed by atoms with Gasteiger partial charge in [-0.1, -0.05) is 65.4 Å². The fraction of sp³-hybridized carbons (Fsp3) is 0.393. The summed E-state index contributed by atoms with van der Waals surface area (Å²) in [6, 6.07) is 11.4. The van der Waals surface area contributed by atoms with E-state index in [9.17, 15) is 14.4 Å². The number of thioether (sulfide) groups is 1. The van der Waals surface area contributed by atoms with Gasteiger partial charge in [0.25, 0.3) is 5.91 Å². The Kier molecular flexibility index (Phi) is 7.50. The first kappa shape index (κ1) is 26.5. The van der Waals surface area contributed by atoms with Gasteiger partial charge in [-0.05, 0) is 46.7 Å². The summed E-state index contributed by atoms with van der Waals surface area (Å²) in [5.74, 6) is -0.562. The smallest absolute Gasteiger partial charge is 0.325 e. The van der Waals surface area contributed by atoms with Gasteiger partial charge < -0.3 is 9.47 Å². The SMILES string of the molecule is COC(=O)CN1C(=O)/C(=C/c2cc(C(C)(C)C)c(OC(C)=O)c(C(C)(C)C)c2)Sc2ccccc21. The molecule has 0 unspecified atom stereocenters. The number of anilines is 1. The van der Waals surface area contributed by atoms with Crippen LogP contribution in [0, 0.1) is 0 Å². The summed E-state index contributed by atoms with van der Waals surface area (Å²) in [5.41, 5.74) is 2.64. The zero-order chi connectivity index (χ0) is 26.1. The number of fused-ring (bicyclic) bond motifs is 1. The highest BCUT2D eigenvalue weighted by molar-refractivity contribution is 8.04. The zero-order valence-electron chi connectivity index (χ0n) is 21.6. The van der Waals surface area contributed by atoms with E-state index in [1.165, 1.54) is 30.7 Å². The third kappa shape index (κ3) is 5.96. The maximum atomic E-state index is 13.5. The Morgan fingerprint density at radius 1 is 1.00 bits per heavy atom. The van der Waals surface area contributed by atoms with E-state index in [0.29, 0.717) is 16.3 Å². The van der Waals surface area contributed by atoms with Crippen molar-refractivity contribution in [3.8, 4) is 5.75 Å². The van der Waals surface area contributed by atoms with Crippen molar-refractivity contribution < 1.29 is 23.9 Å². The van der Waals surface area contributed by atoms with Crippen LogP contribution in [-0.4, -0.2) is 31.5 Å². The molecular formula is C28H33NO5S. The van der Waals surface area contributed by atoms with Crippen molar-refractivity contribution >= 4 is 41.4 Å². The number of nitrogens with zero attached hydrogens (tertiary/aromatic N) is 1. The van der Waals surface area contributed by atoms with E-state index in [-0.39, 0.29) is 29.3 Å². The van der Waals surface area contributed by atoms with Crippen molar-refractivity contribution in [2.24, 2.45) is 0 Å². The van der Waals surface area contributed by atoms with E-state index in [1.54, 1.807) is 0 Å². The predicted octanol–water partition coefficient (Wildman–Crippen LogP) is 5.86. The lowest BCUT2D eigenvalue weighted by atomic mass is 9.78. The number of rotatable bonds is 4. The summed E-state index contributed by atoms with van der Waals surface area (Å²) in [4.78, 5) is 40.3. The summed E-state index contributed by atoms with van der Waals surface area (Å²) < 4.78 is 10.5. The molecule has 0 fully saturated rings. The van der Waals surface area contributed by atoms with E-state index in [1.807, 2.05) is 42.5 Å². The molecule has 0 saturated carbocycles. The lowest BCUT2D eigenvalue weighted by Gasteiger charge is -2.31. The molecule has 0 aliphatic carbocycles. The molecule has 1 aliphatic rings. The Labute approximate surface area is 211 Å². The molecule has 7 heteroatoms. The fourth-order valence-electron chi connectivity index (χ4n) is 3.87. The van der Waals surface area contributed by atoms with Crippen molar-refractivity contribution in [3.05, 3.63) is 58.0 Å². The molecule has 1 amide bonds. The van der Waals surface area contributed by atoms with Crippen LogP contribution in [0.2, 0.25) is 0 Å². The lowest BCUT2D eigenvalue weighted by molar-refractivity contribution is -0.139. The molecule has 186 valence electrons. The zero-order valence-corrected chi connectivity index (χ0v) is 22.5. The van der Waals surface area contributed by atoms with Crippen LogP contribution in [0.25, 0.3) is 6.08 Å². The first-order valence-electron chi connectivity index (χ1n) is 11.5. The molecule has 0 radical (unpaired) electrons. The highest BCUT2D eigenvalue weighted by Crippen LogP contribution is 2.44. The van der Waals surface area contributed by atoms with Gasteiger partial charge in [0, 0.05) is 22.9 Å². The second-order valence-electron chi connectivity index (χ2n) is 10.6. The summed E-state index contributed by atoms with van der Waals surface area (Å²) in [5, 5.41) is 0. The molecule has 0 saturated heterocycles. The third-order valence-electron chi connectivity index (χ3n) is 5.62. The molecule has 0 aromatic heterocycles. The number of methoxy groups -OCH3 is 1. The summed E-state index contributed by atoms with van der Waals surface area (Å²) >= 11 is 1.37. The first-order chi connectivity index (χ1) is 16.2. The minimum atomic E-state index is -0.491. The van der Waals surface area contributed by atoms with Gasteiger partial charge >= 0.3 is 11.9 Å². The number of hydrogen-bond donors (Lipinski definition) is 0. The van der Waals surface area contributed by atoms with Crippen LogP contribution in [0.4, 0.5) is 5.69 Å². The number of ether oxygens (including phenoxy) is 2. The minimum absolute atomic E-state index is 0.171. The number of esters is 2. The molecule has 0 bridgehead atoms. The Morgan fingerprint density at radius 3 is 2.09 bits per heavy atom. The number of carbonyl (C=O) groups excluding carboxylic acids is 3. The summed E-state index contributed by atoms with van der Waals surface area (Å²) in [6.45, 7) is 13.6. The van der Waals surface area contributed by atoms with Crippen LogP contribution >= 0.6 is 11.8 Å². The van der Waals surface area contributed by atoms with E-state index in [2.05, 4.69) is 41.5 Å². The molecule has 6 nitrogen and oxygen atoms in total. The molecule has 2 aromatic rings. The predicted molar refractivity (Wildman–Crippen MR) is 140 cm³/mol. The van der Waals surface area contributed by atoms with Gasteiger partial charge in [-0.2, -0.15) is 0 Å². The van der Waals surface area contributed by atoms with E-state index >= 15 is 0 Å². The van der Waals surface area contributed by atoms with Gasteiger partial charge in [0.05, 0.1) is 17.7 Å². The van der Waals surface area contributed by atoms with Gasteiger partial charge in [0.15, 0.2) is 0 Å².